The summed E-state index contributed by atoms with van der Waals surface area (Å²) in [5.74, 6) is -2.00. The van der Waals surface area contributed by atoms with Crippen LogP contribution in [0.1, 0.15) is 52.4 Å². The van der Waals surface area contributed by atoms with E-state index < -0.39 is 24.1 Å². The lowest BCUT2D eigenvalue weighted by molar-refractivity contribution is -0.173. The third kappa shape index (κ3) is 8.12. The first-order valence-corrected chi connectivity index (χ1v) is 7.24. The van der Waals surface area contributed by atoms with Crippen LogP contribution in [0.3, 0.4) is 0 Å². The smallest absolute Gasteiger partial charge is 0.338 e. The molecular weight excluding hydrogens is 264 g/mol. The summed E-state index contributed by atoms with van der Waals surface area (Å²) in [5, 5.41) is 19.0. The average Bonchev–Trinajstić information content (AvgIpc) is 2.46. The number of carbonyl (C=O) groups is 2. The Labute approximate surface area is 120 Å². The Kier molecular flexibility index (Phi) is 11.0. The van der Waals surface area contributed by atoms with Crippen molar-refractivity contribution < 1.29 is 29.3 Å². The van der Waals surface area contributed by atoms with E-state index in [-0.39, 0.29) is 13.2 Å². The number of esters is 2. The second-order valence-corrected chi connectivity index (χ2v) is 4.64. The van der Waals surface area contributed by atoms with Gasteiger partial charge in [0.25, 0.3) is 0 Å². The van der Waals surface area contributed by atoms with E-state index in [4.69, 9.17) is 9.47 Å². The summed E-state index contributed by atoms with van der Waals surface area (Å²) in [5.41, 5.74) is 0. The predicted octanol–water partition coefficient (Wildman–Crippen LogP) is 1.17. The van der Waals surface area contributed by atoms with E-state index in [1.807, 2.05) is 13.8 Å². The van der Waals surface area contributed by atoms with Crippen LogP contribution in [-0.2, 0) is 19.1 Å². The van der Waals surface area contributed by atoms with E-state index in [9.17, 15) is 19.8 Å². The van der Waals surface area contributed by atoms with Gasteiger partial charge in [0, 0.05) is 0 Å². The van der Waals surface area contributed by atoms with Crippen molar-refractivity contribution in [3.63, 3.8) is 0 Å². The van der Waals surface area contributed by atoms with Crippen LogP contribution in [0.5, 0.6) is 0 Å². The quantitative estimate of drug-likeness (QED) is 0.438. The zero-order chi connectivity index (χ0) is 15.4. The Morgan fingerprint density at radius 3 is 1.45 bits per heavy atom. The minimum Gasteiger partial charge on any atom is -0.464 e. The minimum absolute atomic E-state index is 0.169. The summed E-state index contributed by atoms with van der Waals surface area (Å²) in [6.45, 7) is 4.36. The summed E-state index contributed by atoms with van der Waals surface area (Å²) in [7, 11) is 0. The van der Waals surface area contributed by atoms with Crippen molar-refractivity contribution in [2.24, 2.45) is 0 Å². The third-order valence-corrected chi connectivity index (χ3v) is 2.77. The Hall–Kier alpha value is -1.14. The predicted molar refractivity (Wildman–Crippen MR) is 73.0 cm³/mol. The van der Waals surface area contributed by atoms with Crippen LogP contribution >= 0.6 is 0 Å². The molecule has 0 aliphatic rings. The molecule has 0 saturated carbocycles. The summed E-state index contributed by atoms with van der Waals surface area (Å²) in [4.78, 5) is 22.8. The molecule has 0 heterocycles. The maximum atomic E-state index is 11.4. The van der Waals surface area contributed by atoms with E-state index in [0.29, 0.717) is 12.8 Å². The van der Waals surface area contributed by atoms with Gasteiger partial charge in [-0.25, -0.2) is 9.59 Å². The van der Waals surface area contributed by atoms with Crippen LogP contribution in [0.25, 0.3) is 0 Å². The van der Waals surface area contributed by atoms with Crippen LogP contribution in [0, 0.1) is 0 Å². The molecule has 0 unspecified atom stereocenters. The van der Waals surface area contributed by atoms with Gasteiger partial charge in [-0.2, -0.15) is 0 Å². The van der Waals surface area contributed by atoms with Gasteiger partial charge in [0.15, 0.2) is 12.2 Å². The SMILES string of the molecule is CCCCCOC(=O)[C@@H](O)[C@H](O)C(=O)OCCCCC. The highest BCUT2D eigenvalue weighted by Crippen LogP contribution is 2.03. The first-order chi connectivity index (χ1) is 9.54. The average molecular weight is 290 g/mol. The third-order valence-electron chi connectivity index (χ3n) is 2.77. The van der Waals surface area contributed by atoms with Gasteiger partial charge in [0.2, 0.25) is 0 Å². The van der Waals surface area contributed by atoms with Crippen LogP contribution in [0.4, 0.5) is 0 Å². The van der Waals surface area contributed by atoms with Gasteiger partial charge < -0.3 is 19.7 Å². The molecule has 2 N–H and O–H groups in total. The van der Waals surface area contributed by atoms with Crippen molar-refractivity contribution in [1.29, 1.82) is 0 Å². The summed E-state index contributed by atoms with van der Waals surface area (Å²) < 4.78 is 9.53. The molecular formula is C14H26O6. The molecule has 0 spiro atoms. The zero-order valence-electron chi connectivity index (χ0n) is 12.3. The molecule has 118 valence electrons. The molecule has 0 rings (SSSR count). The van der Waals surface area contributed by atoms with E-state index in [1.165, 1.54) is 0 Å². The Morgan fingerprint density at radius 2 is 1.15 bits per heavy atom. The van der Waals surface area contributed by atoms with Crippen molar-refractivity contribution in [3.8, 4) is 0 Å². The molecule has 6 nitrogen and oxygen atoms in total. The monoisotopic (exact) mass is 290 g/mol. The van der Waals surface area contributed by atoms with E-state index >= 15 is 0 Å². The number of hydrogen-bond acceptors (Lipinski definition) is 6. The summed E-state index contributed by atoms with van der Waals surface area (Å²) in [6, 6.07) is 0. The molecule has 0 aliphatic heterocycles. The molecule has 0 aromatic carbocycles. The maximum Gasteiger partial charge on any atom is 0.338 e. The lowest BCUT2D eigenvalue weighted by Gasteiger charge is -2.15. The van der Waals surface area contributed by atoms with Crippen LogP contribution in [0.15, 0.2) is 0 Å². The number of aliphatic hydroxyl groups is 2. The lowest BCUT2D eigenvalue weighted by atomic mass is 10.2. The lowest BCUT2D eigenvalue weighted by Crippen LogP contribution is -2.41. The first kappa shape index (κ1) is 18.9. The highest BCUT2D eigenvalue weighted by atomic mass is 16.6. The van der Waals surface area contributed by atoms with Crippen molar-refractivity contribution in [1.82, 2.24) is 0 Å². The molecule has 2 atom stereocenters. The molecule has 0 saturated heterocycles. The maximum absolute atomic E-state index is 11.4. The standard InChI is InChI=1S/C14H26O6/c1-3-5-7-9-19-13(17)11(15)12(16)14(18)20-10-8-6-4-2/h11-12,15-16H,3-10H2,1-2H3/t11-,12-/m0/s1. The normalized spacial score (nSPS) is 13.6. The second kappa shape index (κ2) is 11.7. The second-order valence-electron chi connectivity index (χ2n) is 4.64. The van der Waals surface area contributed by atoms with Gasteiger partial charge in [-0.3, -0.25) is 0 Å². The molecule has 0 aliphatic carbocycles. The highest BCUT2D eigenvalue weighted by molar-refractivity contribution is 5.85. The van der Waals surface area contributed by atoms with Crippen molar-refractivity contribution in [3.05, 3.63) is 0 Å². The largest absolute Gasteiger partial charge is 0.464 e. The minimum atomic E-state index is -1.89. The van der Waals surface area contributed by atoms with Crippen LogP contribution in [-0.4, -0.2) is 47.6 Å². The van der Waals surface area contributed by atoms with Crippen molar-refractivity contribution in [2.45, 2.75) is 64.6 Å². The van der Waals surface area contributed by atoms with E-state index in [0.717, 1.165) is 25.7 Å². The van der Waals surface area contributed by atoms with Gasteiger partial charge in [0.1, 0.15) is 0 Å². The fourth-order valence-corrected chi connectivity index (χ4v) is 1.48. The molecule has 0 fully saturated rings. The molecule has 0 bridgehead atoms. The summed E-state index contributed by atoms with van der Waals surface area (Å²) in [6.07, 6.45) is 1.36. The Balaban J connectivity index is 3.95. The molecule has 0 aromatic heterocycles. The van der Waals surface area contributed by atoms with Crippen LogP contribution < -0.4 is 0 Å². The highest BCUT2D eigenvalue weighted by Gasteiger charge is 2.32. The molecule has 0 radical (unpaired) electrons. The van der Waals surface area contributed by atoms with Gasteiger partial charge in [-0.15, -0.1) is 0 Å². The Morgan fingerprint density at radius 1 is 0.800 bits per heavy atom. The fourth-order valence-electron chi connectivity index (χ4n) is 1.48. The van der Waals surface area contributed by atoms with E-state index in [1.54, 1.807) is 0 Å². The van der Waals surface area contributed by atoms with Gasteiger partial charge in [0.05, 0.1) is 13.2 Å². The molecule has 6 heteroatoms. The van der Waals surface area contributed by atoms with Gasteiger partial charge >= 0.3 is 11.9 Å². The van der Waals surface area contributed by atoms with E-state index in [2.05, 4.69) is 0 Å². The number of rotatable bonds is 11. The number of ether oxygens (including phenoxy) is 2. The molecule has 0 amide bonds. The number of hydrogen-bond donors (Lipinski definition) is 2. The van der Waals surface area contributed by atoms with Crippen LogP contribution in [0.2, 0.25) is 0 Å². The number of unbranched alkanes of at least 4 members (excludes halogenated alkanes) is 4. The topological polar surface area (TPSA) is 93.1 Å². The number of carbonyl (C=O) groups excluding carboxylic acids is 2. The van der Waals surface area contributed by atoms with Gasteiger partial charge in [-0.1, -0.05) is 39.5 Å². The van der Waals surface area contributed by atoms with Crippen molar-refractivity contribution >= 4 is 11.9 Å². The fraction of sp³-hybridized carbons (Fsp3) is 0.857. The number of aliphatic hydroxyl groups excluding tert-OH is 2. The van der Waals surface area contributed by atoms with Crippen molar-refractivity contribution in [2.75, 3.05) is 13.2 Å². The zero-order valence-corrected chi connectivity index (χ0v) is 12.3. The van der Waals surface area contributed by atoms with Gasteiger partial charge in [-0.05, 0) is 12.8 Å². The Bertz CT molecular complexity index is 251. The summed E-state index contributed by atoms with van der Waals surface area (Å²) >= 11 is 0. The first-order valence-electron chi connectivity index (χ1n) is 7.24. The molecule has 20 heavy (non-hydrogen) atoms. The molecule has 0 aromatic rings.